The highest BCUT2D eigenvalue weighted by atomic mass is 32.1. The minimum absolute atomic E-state index is 0.304. The van der Waals surface area contributed by atoms with Crippen LogP contribution in [0.1, 0.15) is 37.5 Å². The van der Waals surface area contributed by atoms with E-state index < -0.39 is 6.36 Å². The largest absolute Gasteiger partial charge is 0.573 e. The minimum Gasteiger partial charge on any atom is -0.406 e. The average Bonchev–Trinajstić information content (AvgIpc) is 3.42. The molecular formula is C28H27F3N6OS. The van der Waals surface area contributed by atoms with Gasteiger partial charge in [-0.1, -0.05) is 56.3 Å². The molecule has 0 amide bonds. The van der Waals surface area contributed by atoms with Crippen LogP contribution in [0.5, 0.6) is 5.75 Å². The zero-order valence-corrected chi connectivity index (χ0v) is 22.4. The van der Waals surface area contributed by atoms with Gasteiger partial charge in [-0.05, 0) is 72.9 Å². The number of nitrogens with one attached hydrogen (secondary N) is 2. The summed E-state index contributed by atoms with van der Waals surface area (Å²) in [4.78, 5) is 4.32. The molecule has 4 aromatic rings. The second-order valence-corrected chi connectivity index (χ2v) is 8.96. The molecule has 0 fully saturated rings. The molecule has 11 heteroatoms. The van der Waals surface area contributed by atoms with Crippen molar-refractivity contribution in [1.82, 2.24) is 20.2 Å². The molecule has 202 valence electrons. The molecule has 0 saturated heterocycles. The monoisotopic (exact) mass is 552 g/mol. The number of halogens is 3. The van der Waals surface area contributed by atoms with Gasteiger partial charge in [-0.2, -0.15) is 5.10 Å². The molecule has 0 radical (unpaired) electrons. The van der Waals surface area contributed by atoms with E-state index >= 15 is 0 Å². The molecule has 0 saturated carbocycles. The standard InChI is InChI=1S/C28H27F3N6OS/c1-4-19-7-6-8-20(5-2)25(19)33-27(39)35-34-18(3)21-9-11-22(12-10-21)26-32-17-37(36-26)23-13-15-24(16-14-23)38-28(29,30)31/h6-17H,4-5H2,1-3H3,(H2,33,35,39)/b34-18+. The summed E-state index contributed by atoms with van der Waals surface area (Å²) in [5.41, 5.74) is 9.28. The number of nitrogens with zero attached hydrogens (tertiary/aromatic N) is 4. The number of para-hydroxylation sites is 1. The van der Waals surface area contributed by atoms with Crippen molar-refractivity contribution in [2.45, 2.75) is 40.0 Å². The molecule has 2 N–H and O–H groups in total. The van der Waals surface area contributed by atoms with Gasteiger partial charge < -0.3 is 10.1 Å². The van der Waals surface area contributed by atoms with E-state index in [1.807, 2.05) is 31.2 Å². The zero-order chi connectivity index (χ0) is 28.0. The van der Waals surface area contributed by atoms with E-state index in [0.717, 1.165) is 35.4 Å². The Balaban J connectivity index is 1.40. The third-order valence-electron chi connectivity index (χ3n) is 5.95. The number of aryl methyl sites for hydroxylation is 2. The highest BCUT2D eigenvalue weighted by Gasteiger charge is 2.31. The Morgan fingerprint density at radius 2 is 1.62 bits per heavy atom. The van der Waals surface area contributed by atoms with Gasteiger partial charge in [-0.3, -0.25) is 5.43 Å². The van der Waals surface area contributed by atoms with Gasteiger partial charge in [0.15, 0.2) is 10.9 Å². The summed E-state index contributed by atoms with van der Waals surface area (Å²) in [7, 11) is 0. The molecule has 0 spiro atoms. The first-order valence-electron chi connectivity index (χ1n) is 12.3. The third kappa shape index (κ3) is 7.20. The molecule has 0 bridgehead atoms. The van der Waals surface area contributed by atoms with Gasteiger partial charge in [-0.25, -0.2) is 9.67 Å². The van der Waals surface area contributed by atoms with Crippen LogP contribution in [-0.4, -0.2) is 32.0 Å². The number of ether oxygens (including phenoxy) is 1. The average molecular weight is 553 g/mol. The Kier molecular flexibility index (Phi) is 8.60. The number of aromatic nitrogens is 3. The van der Waals surface area contributed by atoms with Crippen LogP contribution in [0.25, 0.3) is 17.1 Å². The van der Waals surface area contributed by atoms with Gasteiger partial charge in [0.1, 0.15) is 12.1 Å². The van der Waals surface area contributed by atoms with Crippen LogP contribution < -0.4 is 15.5 Å². The molecule has 7 nitrogen and oxygen atoms in total. The third-order valence-corrected chi connectivity index (χ3v) is 6.14. The second-order valence-electron chi connectivity index (χ2n) is 8.55. The summed E-state index contributed by atoms with van der Waals surface area (Å²) in [5.74, 6) is 0.165. The predicted octanol–water partition coefficient (Wildman–Crippen LogP) is 6.67. The molecule has 1 aromatic heterocycles. The number of rotatable bonds is 8. The lowest BCUT2D eigenvalue weighted by Gasteiger charge is -2.15. The van der Waals surface area contributed by atoms with Crippen molar-refractivity contribution >= 4 is 28.7 Å². The maximum atomic E-state index is 12.4. The van der Waals surface area contributed by atoms with Gasteiger partial charge in [-0.15, -0.1) is 18.3 Å². The maximum Gasteiger partial charge on any atom is 0.573 e. The van der Waals surface area contributed by atoms with E-state index in [-0.39, 0.29) is 5.75 Å². The van der Waals surface area contributed by atoms with Gasteiger partial charge in [0.25, 0.3) is 0 Å². The number of hydrazone groups is 1. The highest BCUT2D eigenvalue weighted by Crippen LogP contribution is 2.25. The number of benzene rings is 3. The minimum atomic E-state index is -4.74. The summed E-state index contributed by atoms with van der Waals surface area (Å²) in [6.07, 6.45) is -1.46. The van der Waals surface area contributed by atoms with E-state index in [4.69, 9.17) is 12.2 Å². The molecular weight excluding hydrogens is 525 g/mol. The second kappa shape index (κ2) is 12.1. The van der Waals surface area contributed by atoms with Crippen molar-refractivity contribution < 1.29 is 17.9 Å². The van der Waals surface area contributed by atoms with E-state index in [0.29, 0.717) is 16.6 Å². The normalized spacial score (nSPS) is 11.8. The lowest BCUT2D eigenvalue weighted by Crippen LogP contribution is -2.26. The summed E-state index contributed by atoms with van der Waals surface area (Å²) < 4.78 is 42.5. The first-order chi connectivity index (χ1) is 18.7. The van der Waals surface area contributed by atoms with E-state index in [1.54, 1.807) is 0 Å². The van der Waals surface area contributed by atoms with E-state index in [9.17, 15) is 13.2 Å². The van der Waals surface area contributed by atoms with Crippen molar-refractivity contribution in [2.75, 3.05) is 5.32 Å². The van der Waals surface area contributed by atoms with Crippen molar-refractivity contribution in [3.63, 3.8) is 0 Å². The topological polar surface area (TPSA) is 76.4 Å². The lowest BCUT2D eigenvalue weighted by atomic mass is 10.0. The Labute approximate surface area is 229 Å². The molecule has 0 aliphatic carbocycles. The first kappa shape index (κ1) is 27.8. The van der Waals surface area contributed by atoms with Crippen LogP contribution in [-0.2, 0) is 12.8 Å². The molecule has 0 atom stereocenters. The molecule has 1 heterocycles. The summed E-state index contributed by atoms with van der Waals surface area (Å²) in [5, 5.41) is 12.6. The Morgan fingerprint density at radius 1 is 0.974 bits per heavy atom. The molecule has 4 rings (SSSR count). The van der Waals surface area contributed by atoms with Crippen LogP contribution in [0.3, 0.4) is 0 Å². The SMILES string of the molecule is CCc1cccc(CC)c1NC(=S)N/N=C(\C)c1ccc(-c2ncn(-c3ccc(OC(F)(F)F)cc3)n2)cc1. The predicted molar refractivity (Wildman–Crippen MR) is 150 cm³/mol. The van der Waals surface area contributed by atoms with Gasteiger partial charge in [0, 0.05) is 11.3 Å². The van der Waals surface area contributed by atoms with Crippen LogP contribution in [0.4, 0.5) is 18.9 Å². The number of anilines is 1. The van der Waals surface area contributed by atoms with Gasteiger partial charge in [0.05, 0.1) is 11.4 Å². The van der Waals surface area contributed by atoms with Crippen molar-refractivity contribution in [3.8, 4) is 22.8 Å². The van der Waals surface area contributed by atoms with Gasteiger partial charge >= 0.3 is 6.36 Å². The fraction of sp³-hybridized carbons (Fsp3) is 0.214. The molecule has 0 aliphatic heterocycles. The highest BCUT2D eigenvalue weighted by molar-refractivity contribution is 7.80. The molecule has 39 heavy (non-hydrogen) atoms. The van der Waals surface area contributed by atoms with Gasteiger partial charge in [0.2, 0.25) is 0 Å². The maximum absolute atomic E-state index is 12.4. The summed E-state index contributed by atoms with van der Waals surface area (Å²) >= 11 is 5.47. The van der Waals surface area contributed by atoms with E-state index in [1.165, 1.54) is 46.4 Å². The number of hydrogen-bond donors (Lipinski definition) is 2. The fourth-order valence-corrected chi connectivity index (χ4v) is 4.07. The van der Waals surface area contributed by atoms with Crippen LogP contribution in [0, 0.1) is 0 Å². The molecule has 0 unspecified atom stereocenters. The lowest BCUT2D eigenvalue weighted by molar-refractivity contribution is -0.274. The number of alkyl halides is 3. The smallest absolute Gasteiger partial charge is 0.406 e. The van der Waals surface area contributed by atoms with Crippen LogP contribution in [0.15, 0.2) is 78.2 Å². The Hall–Kier alpha value is -4.25. The Morgan fingerprint density at radius 3 is 2.21 bits per heavy atom. The van der Waals surface area contributed by atoms with Crippen molar-refractivity contribution in [2.24, 2.45) is 5.10 Å². The van der Waals surface area contributed by atoms with E-state index in [2.05, 4.69) is 62.7 Å². The zero-order valence-electron chi connectivity index (χ0n) is 21.6. The van der Waals surface area contributed by atoms with Crippen molar-refractivity contribution in [3.05, 3.63) is 89.7 Å². The Bertz CT molecular complexity index is 1440. The van der Waals surface area contributed by atoms with Crippen molar-refractivity contribution in [1.29, 1.82) is 0 Å². The fourth-order valence-electron chi connectivity index (χ4n) is 3.92. The summed E-state index contributed by atoms with van der Waals surface area (Å²) in [6.45, 7) is 6.09. The first-order valence-corrected chi connectivity index (χ1v) is 12.7. The van der Waals surface area contributed by atoms with Crippen LogP contribution in [0.2, 0.25) is 0 Å². The number of hydrogen-bond acceptors (Lipinski definition) is 5. The summed E-state index contributed by atoms with van der Waals surface area (Å²) in [6, 6.07) is 19.2. The van der Waals surface area contributed by atoms with Crippen LogP contribution >= 0.6 is 12.2 Å². The molecule has 0 aliphatic rings. The molecule has 3 aromatic carbocycles. The number of thiocarbonyl (C=S) groups is 1. The quantitative estimate of drug-likeness (QED) is 0.145.